The van der Waals surface area contributed by atoms with Crippen LogP contribution in [0.5, 0.6) is 0 Å². The van der Waals surface area contributed by atoms with Gasteiger partial charge in [0.2, 0.25) is 5.89 Å². The highest BCUT2D eigenvalue weighted by atomic mass is 16.3. The summed E-state index contributed by atoms with van der Waals surface area (Å²) in [6.07, 6.45) is 3.16. The maximum Gasteiger partial charge on any atom is 0.241 e. The van der Waals surface area contributed by atoms with Crippen molar-refractivity contribution >= 4 is 5.70 Å². The molecule has 1 heterocycles. The van der Waals surface area contributed by atoms with Crippen LogP contribution in [-0.2, 0) is 0 Å². The standard InChI is InChI=1S/C10H16N2O/c1-7(2)8(3)12-9(4)10-11-5-6-13-10/h5-8,12H,4H2,1-3H3/t8-/m1/s1. The number of nitrogens with one attached hydrogen (secondary N) is 1. The van der Waals surface area contributed by atoms with Crippen molar-refractivity contribution in [2.45, 2.75) is 26.8 Å². The van der Waals surface area contributed by atoms with Crippen molar-refractivity contribution < 1.29 is 4.42 Å². The molecular weight excluding hydrogens is 164 g/mol. The second-order valence-electron chi connectivity index (χ2n) is 3.49. The van der Waals surface area contributed by atoms with E-state index in [1.54, 1.807) is 12.5 Å². The first-order valence-corrected chi connectivity index (χ1v) is 4.46. The smallest absolute Gasteiger partial charge is 0.241 e. The van der Waals surface area contributed by atoms with Crippen molar-refractivity contribution in [3.63, 3.8) is 0 Å². The summed E-state index contributed by atoms with van der Waals surface area (Å²) in [5, 5.41) is 3.23. The summed E-state index contributed by atoms with van der Waals surface area (Å²) < 4.78 is 5.10. The van der Waals surface area contributed by atoms with E-state index in [0.717, 1.165) is 5.70 Å². The predicted octanol–water partition coefficient (Wildman–Crippen LogP) is 2.28. The number of rotatable bonds is 4. The van der Waals surface area contributed by atoms with Gasteiger partial charge in [-0.2, -0.15) is 0 Å². The van der Waals surface area contributed by atoms with Gasteiger partial charge < -0.3 is 9.73 Å². The molecule has 1 atom stereocenters. The van der Waals surface area contributed by atoms with Gasteiger partial charge in [-0.1, -0.05) is 20.4 Å². The van der Waals surface area contributed by atoms with Crippen LogP contribution >= 0.6 is 0 Å². The topological polar surface area (TPSA) is 38.1 Å². The summed E-state index contributed by atoms with van der Waals surface area (Å²) in [4.78, 5) is 4.00. The molecule has 3 heteroatoms. The minimum atomic E-state index is 0.374. The second-order valence-corrected chi connectivity index (χ2v) is 3.49. The molecular formula is C10H16N2O. The lowest BCUT2D eigenvalue weighted by Gasteiger charge is -2.18. The molecule has 0 aliphatic rings. The molecule has 0 aromatic carbocycles. The van der Waals surface area contributed by atoms with Crippen LogP contribution in [0.4, 0.5) is 0 Å². The van der Waals surface area contributed by atoms with Gasteiger partial charge >= 0.3 is 0 Å². The molecule has 1 aromatic rings. The van der Waals surface area contributed by atoms with Gasteiger partial charge in [-0.3, -0.25) is 0 Å². The van der Waals surface area contributed by atoms with E-state index in [-0.39, 0.29) is 0 Å². The predicted molar refractivity (Wildman–Crippen MR) is 53.0 cm³/mol. The molecule has 0 unspecified atom stereocenters. The number of nitrogens with zero attached hydrogens (tertiary/aromatic N) is 1. The SMILES string of the molecule is C=C(N[C@H](C)C(C)C)c1ncco1. The third-order valence-electron chi connectivity index (χ3n) is 2.09. The van der Waals surface area contributed by atoms with Crippen LogP contribution in [0.25, 0.3) is 5.70 Å². The van der Waals surface area contributed by atoms with Crippen molar-refractivity contribution in [2.75, 3.05) is 0 Å². The Morgan fingerprint density at radius 3 is 2.69 bits per heavy atom. The molecule has 0 saturated carbocycles. The fourth-order valence-electron chi connectivity index (χ4n) is 0.876. The van der Waals surface area contributed by atoms with Crippen LogP contribution in [0, 0.1) is 5.92 Å². The summed E-state index contributed by atoms with van der Waals surface area (Å²) in [7, 11) is 0. The van der Waals surface area contributed by atoms with Crippen LogP contribution in [0.15, 0.2) is 23.5 Å². The lowest BCUT2D eigenvalue weighted by Crippen LogP contribution is -2.29. The molecule has 0 bridgehead atoms. The fourth-order valence-corrected chi connectivity index (χ4v) is 0.876. The third-order valence-corrected chi connectivity index (χ3v) is 2.09. The minimum Gasteiger partial charge on any atom is -0.443 e. The normalized spacial score (nSPS) is 12.9. The Kier molecular flexibility index (Phi) is 3.12. The van der Waals surface area contributed by atoms with Gasteiger partial charge in [-0.15, -0.1) is 0 Å². The highest BCUT2D eigenvalue weighted by molar-refractivity contribution is 5.53. The second kappa shape index (κ2) is 4.12. The van der Waals surface area contributed by atoms with Gasteiger partial charge in [0, 0.05) is 6.04 Å². The van der Waals surface area contributed by atoms with Crippen molar-refractivity contribution in [2.24, 2.45) is 5.92 Å². The van der Waals surface area contributed by atoms with Crippen LogP contribution in [0.2, 0.25) is 0 Å². The van der Waals surface area contributed by atoms with E-state index in [1.165, 1.54) is 0 Å². The summed E-state index contributed by atoms with van der Waals surface area (Å²) in [5.41, 5.74) is 0.742. The number of aromatic nitrogens is 1. The van der Waals surface area contributed by atoms with Crippen LogP contribution in [-0.4, -0.2) is 11.0 Å². The zero-order valence-corrected chi connectivity index (χ0v) is 8.37. The van der Waals surface area contributed by atoms with Crippen LogP contribution < -0.4 is 5.32 Å². The van der Waals surface area contributed by atoms with E-state index in [4.69, 9.17) is 4.42 Å². The molecule has 1 rings (SSSR count). The van der Waals surface area contributed by atoms with Crippen molar-refractivity contribution in [3.8, 4) is 0 Å². The van der Waals surface area contributed by atoms with E-state index >= 15 is 0 Å². The van der Waals surface area contributed by atoms with E-state index in [2.05, 4.69) is 37.7 Å². The number of hydrogen-bond acceptors (Lipinski definition) is 3. The molecule has 72 valence electrons. The monoisotopic (exact) mass is 180 g/mol. The number of oxazole rings is 1. The molecule has 0 fully saturated rings. The van der Waals surface area contributed by atoms with Crippen LogP contribution in [0.3, 0.4) is 0 Å². The Morgan fingerprint density at radius 2 is 2.23 bits per heavy atom. The van der Waals surface area contributed by atoms with Crippen LogP contribution in [0.1, 0.15) is 26.7 Å². The average molecular weight is 180 g/mol. The first kappa shape index (κ1) is 9.84. The zero-order chi connectivity index (χ0) is 9.84. The molecule has 0 radical (unpaired) electrons. The molecule has 0 spiro atoms. The lowest BCUT2D eigenvalue weighted by molar-refractivity contribution is 0.467. The summed E-state index contributed by atoms with van der Waals surface area (Å²) in [5.74, 6) is 1.12. The molecule has 13 heavy (non-hydrogen) atoms. The fraction of sp³-hybridized carbons (Fsp3) is 0.500. The van der Waals surface area contributed by atoms with E-state index in [9.17, 15) is 0 Å². The van der Waals surface area contributed by atoms with Gasteiger partial charge in [-0.25, -0.2) is 4.98 Å². The van der Waals surface area contributed by atoms with Gasteiger partial charge in [-0.05, 0) is 12.8 Å². The minimum absolute atomic E-state index is 0.374. The zero-order valence-electron chi connectivity index (χ0n) is 8.37. The van der Waals surface area contributed by atoms with Gasteiger partial charge in [0.25, 0.3) is 0 Å². The molecule has 0 aliphatic carbocycles. The summed E-state index contributed by atoms with van der Waals surface area (Å²) in [6.45, 7) is 10.3. The molecule has 0 saturated heterocycles. The van der Waals surface area contributed by atoms with Gasteiger partial charge in [0.15, 0.2) is 0 Å². The highest BCUT2D eigenvalue weighted by Crippen LogP contribution is 2.09. The highest BCUT2D eigenvalue weighted by Gasteiger charge is 2.10. The summed E-state index contributed by atoms with van der Waals surface area (Å²) in [6, 6.07) is 0.374. The first-order chi connectivity index (χ1) is 6.11. The number of hydrogen-bond donors (Lipinski definition) is 1. The summed E-state index contributed by atoms with van der Waals surface area (Å²) >= 11 is 0. The Hall–Kier alpha value is -1.25. The largest absolute Gasteiger partial charge is 0.443 e. The van der Waals surface area contributed by atoms with E-state index < -0.39 is 0 Å². The van der Waals surface area contributed by atoms with E-state index in [0.29, 0.717) is 17.9 Å². The molecule has 1 N–H and O–H groups in total. The quantitative estimate of drug-likeness (QED) is 0.772. The van der Waals surface area contributed by atoms with Crippen molar-refractivity contribution in [1.82, 2.24) is 10.3 Å². The molecule has 3 nitrogen and oxygen atoms in total. The Balaban J connectivity index is 2.52. The Bertz CT molecular complexity index is 264. The third kappa shape index (κ3) is 2.61. The maximum atomic E-state index is 5.10. The molecule has 1 aromatic heterocycles. The van der Waals surface area contributed by atoms with E-state index in [1.807, 2.05) is 0 Å². The Morgan fingerprint density at radius 1 is 1.54 bits per heavy atom. The van der Waals surface area contributed by atoms with Gasteiger partial charge in [0.1, 0.15) is 6.26 Å². The van der Waals surface area contributed by atoms with Crippen molar-refractivity contribution in [1.29, 1.82) is 0 Å². The Labute approximate surface area is 78.9 Å². The maximum absolute atomic E-state index is 5.10. The molecule has 0 amide bonds. The van der Waals surface area contributed by atoms with Gasteiger partial charge in [0.05, 0.1) is 11.9 Å². The van der Waals surface area contributed by atoms with Crippen molar-refractivity contribution in [3.05, 3.63) is 24.9 Å². The lowest BCUT2D eigenvalue weighted by atomic mass is 10.1. The molecule has 0 aliphatic heterocycles. The average Bonchev–Trinajstić information content (AvgIpc) is 2.55. The first-order valence-electron chi connectivity index (χ1n) is 4.46.